The number of rotatable bonds is 7. The highest BCUT2D eigenvalue weighted by molar-refractivity contribution is 5.11. The van der Waals surface area contributed by atoms with E-state index in [4.69, 9.17) is 9.15 Å². The van der Waals surface area contributed by atoms with Gasteiger partial charge in [-0.2, -0.15) is 0 Å². The fourth-order valence-electron chi connectivity index (χ4n) is 1.22. The minimum absolute atomic E-state index is 0.553. The van der Waals surface area contributed by atoms with E-state index in [2.05, 4.69) is 10.2 Å². The maximum absolute atomic E-state index is 5.47. The van der Waals surface area contributed by atoms with Crippen molar-refractivity contribution in [1.29, 1.82) is 0 Å². The molecule has 0 saturated heterocycles. The van der Waals surface area contributed by atoms with Crippen LogP contribution in [0.1, 0.15) is 11.3 Å². The highest BCUT2D eigenvalue weighted by Crippen LogP contribution is 2.08. The fourth-order valence-corrected chi connectivity index (χ4v) is 1.22. The maximum atomic E-state index is 5.47. The Morgan fingerprint density at radius 2 is 2.27 bits per heavy atom. The Bertz CT molecular complexity index is 271. The summed E-state index contributed by atoms with van der Waals surface area (Å²) in [5.41, 5.74) is 1.16. The number of nitrogens with one attached hydrogen (secondary N) is 1. The van der Waals surface area contributed by atoms with Gasteiger partial charge in [0.1, 0.15) is 12.4 Å². The van der Waals surface area contributed by atoms with Crippen LogP contribution in [0.2, 0.25) is 0 Å². The molecule has 0 spiro atoms. The normalized spacial score (nSPS) is 11.2. The molecular weight excluding hydrogens is 192 g/mol. The van der Waals surface area contributed by atoms with Gasteiger partial charge >= 0.3 is 0 Å². The number of nitrogens with zero attached hydrogens (tertiary/aromatic N) is 1. The van der Waals surface area contributed by atoms with Gasteiger partial charge in [0.2, 0.25) is 0 Å². The van der Waals surface area contributed by atoms with Gasteiger partial charge in [0, 0.05) is 18.7 Å². The van der Waals surface area contributed by atoms with Crippen molar-refractivity contribution in [3.8, 4) is 0 Å². The molecule has 0 unspecified atom stereocenters. The molecule has 0 aliphatic heterocycles. The lowest BCUT2D eigenvalue weighted by Crippen LogP contribution is -2.17. The van der Waals surface area contributed by atoms with Crippen molar-refractivity contribution in [3.05, 3.63) is 23.7 Å². The molecule has 1 aromatic rings. The predicted molar refractivity (Wildman–Crippen MR) is 59.7 cm³/mol. The van der Waals surface area contributed by atoms with Crippen molar-refractivity contribution in [3.63, 3.8) is 0 Å². The second-order valence-corrected chi connectivity index (χ2v) is 3.81. The van der Waals surface area contributed by atoms with Crippen molar-refractivity contribution in [1.82, 2.24) is 10.2 Å². The standard InChI is InChI=1S/C11H20N2O2/c1-12-7-10-6-11(15-8-10)9-14-5-4-13(2)3/h6,8,12H,4-5,7,9H2,1-3H3. The molecule has 4 nitrogen and oxygen atoms in total. The summed E-state index contributed by atoms with van der Waals surface area (Å²) in [7, 11) is 5.98. The SMILES string of the molecule is CNCc1coc(COCCN(C)C)c1. The van der Waals surface area contributed by atoms with Crippen molar-refractivity contribution in [2.75, 3.05) is 34.3 Å². The Balaban J connectivity index is 2.19. The van der Waals surface area contributed by atoms with Gasteiger partial charge in [-0.25, -0.2) is 0 Å². The van der Waals surface area contributed by atoms with E-state index in [0.717, 1.165) is 31.0 Å². The Kier molecular flexibility index (Phi) is 5.39. The first kappa shape index (κ1) is 12.2. The first-order valence-electron chi connectivity index (χ1n) is 5.15. The number of ether oxygens (including phenoxy) is 1. The van der Waals surface area contributed by atoms with Crippen LogP contribution in [0, 0.1) is 0 Å². The molecule has 1 heterocycles. The third-order valence-corrected chi connectivity index (χ3v) is 2.02. The van der Waals surface area contributed by atoms with Crippen molar-refractivity contribution >= 4 is 0 Å². The van der Waals surface area contributed by atoms with Crippen LogP contribution in [-0.4, -0.2) is 39.2 Å². The first-order chi connectivity index (χ1) is 7.22. The molecule has 1 rings (SSSR count). The van der Waals surface area contributed by atoms with Crippen molar-refractivity contribution in [2.45, 2.75) is 13.2 Å². The average Bonchev–Trinajstić information content (AvgIpc) is 2.61. The van der Waals surface area contributed by atoms with Crippen LogP contribution in [-0.2, 0) is 17.9 Å². The first-order valence-corrected chi connectivity index (χ1v) is 5.15. The van der Waals surface area contributed by atoms with Crippen LogP contribution in [0.4, 0.5) is 0 Å². The number of hydrogen-bond donors (Lipinski definition) is 1. The quantitative estimate of drug-likeness (QED) is 0.686. The second kappa shape index (κ2) is 6.61. The summed E-state index contributed by atoms with van der Waals surface area (Å²) in [5.74, 6) is 0.888. The summed E-state index contributed by atoms with van der Waals surface area (Å²) in [6.07, 6.45) is 1.77. The average molecular weight is 212 g/mol. The molecule has 0 amide bonds. The molecule has 86 valence electrons. The van der Waals surface area contributed by atoms with Crippen molar-refractivity contribution in [2.24, 2.45) is 0 Å². The molecule has 1 aromatic heterocycles. The van der Waals surface area contributed by atoms with E-state index in [0.29, 0.717) is 6.61 Å². The molecule has 0 saturated carbocycles. The van der Waals surface area contributed by atoms with Gasteiger partial charge in [-0.15, -0.1) is 0 Å². The van der Waals surface area contributed by atoms with Gasteiger partial charge in [-0.05, 0) is 27.2 Å². The highest BCUT2D eigenvalue weighted by Gasteiger charge is 2.01. The molecule has 15 heavy (non-hydrogen) atoms. The topological polar surface area (TPSA) is 37.6 Å². The highest BCUT2D eigenvalue weighted by atomic mass is 16.5. The molecule has 0 fully saturated rings. The monoisotopic (exact) mass is 212 g/mol. The minimum Gasteiger partial charge on any atom is -0.467 e. The van der Waals surface area contributed by atoms with Crippen LogP contribution < -0.4 is 5.32 Å². The Labute approximate surface area is 91.2 Å². The lowest BCUT2D eigenvalue weighted by molar-refractivity contribution is 0.0926. The van der Waals surface area contributed by atoms with Crippen molar-refractivity contribution < 1.29 is 9.15 Å². The second-order valence-electron chi connectivity index (χ2n) is 3.81. The predicted octanol–water partition coefficient (Wildman–Crippen LogP) is 1.08. The number of hydrogen-bond acceptors (Lipinski definition) is 4. The van der Waals surface area contributed by atoms with E-state index in [1.54, 1.807) is 6.26 Å². The van der Waals surface area contributed by atoms with Crippen LogP contribution in [0.15, 0.2) is 16.7 Å². The molecule has 0 aliphatic rings. The van der Waals surface area contributed by atoms with Crippen LogP contribution in [0.3, 0.4) is 0 Å². The minimum atomic E-state index is 0.553. The van der Waals surface area contributed by atoms with E-state index in [1.807, 2.05) is 27.2 Å². The number of likely N-dealkylation sites (N-methyl/N-ethyl adjacent to an activating group) is 1. The molecular formula is C11H20N2O2. The maximum Gasteiger partial charge on any atom is 0.129 e. The van der Waals surface area contributed by atoms with Gasteiger partial charge in [-0.3, -0.25) is 0 Å². The van der Waals surface area contributed by atoms with Crippen LogP contribution in [0.5, 0.6) is 0 Å². The lowest BCUT2D eigenvalue weighted by atomic mass is 10.3. The molecule has 0 aromatic carbocycles. The number of furan rings is 1. The van der Waals surface area contributed by atoms with E-state index in [-0.39, 0.29) is 0 Å². The Morgan fingerprint density at radius 1 is 1.47 bits per heavy atom. The van der Waals surface area contributed by atoms with Gasteiger partial charge in [0.15, 0.2) is 0 Å². The zero-order valence-electron chi connectivity index (χ0n) is 9.75. The van der Waals surface area contributed by atoms with Crippen LogP contribution in [0.25, 0.3) is 0 Å². The lowest BCUT2D eigenvalue weighted by Gasteiger charge is -2.08. The molecule has 0 bridgehead atoms. The van der Waals surface area contributed by atoms with Gasteiger partial charge < -0.3 is 19.4 Å². The molecule has 0 aliphatic carbocycles. The summed E-state index contributed by atoms with van der Waals surface area (Å²) in [5, 5.41) is 3.07. The molecule has 0 radical (unpaired) electrons. The molecule has 0 atom stereocenters. The van der Waals surface area contributed by atoms with E-state index >= 15 is 0 Å². The largest absolute Gasteiger partial charge is 0.467 e. The summed E-state index contributed by atoms with van der Waals surface area (Å²) >= 11 is 0. The molecule has 1 N–H and O–H groups in total. The third kappa shape index (κ3) is 4.97. The Hall–Kier alpha value is -0.840. The zero-order valence-corrected chi connectivity index (χ0v) is 9.75. The van der Waals surface area contributed by atoms with E-state index in [1.165, 1.54) is 0 Å². The summed E-state index contributed by atoms with van der Waals surface area (Å²) in [4.78, 5) is 2.09. The Morgan fingerprint density at radius 3 is 2.93 bits per heavy atom. The summed E-state index contributed by atoms with van der Waals surface area (Å²) < 4.78 is 10.8. The van der Waals surface area contributed by atoms with Gasteiger partial charge in [0.05, 0.1) is 12.9 Å². The summed E-state index contributed by atoms with van der Waals surface area (Å²) in [6, 6.07) is 2.02. The molecule has 4 heteroatoms. The van der Waals surface area contributed by atoms with Crippen LogP contribution >= 0.6 is 0 Å². The third-order valence-electron chi connectivity index (χ3n) is 2.02. The summed E-state index contributed by atoms with van der Waals surface area (Å²) in [6.45, 7) is 3.05. The van der Waals surface area contributed by atoms with Gasteiger partial charge in [-0.1, -0.05) is 0 Å². The smallest absolute Gasteiger partial charge is 0.129 e. The zero-order chi connectivity index (χ0) is 11.1. The van der Waals surface area contributed by atoms with E-state index < -0.39 is 0 Å². The van der Waals surface area contributed by atoms with E-state index in [9.17, 15) is 0 Å². The fraction of sp³-hybridized carbons (Fsp3) is 0.636. The van der Waals surface area contributed by atoms with Gasteiger partial charge in [0.25, 0.3) is 0 Å².